The molecule has 40 heavy (non-hydrogen) atoms. The van der Waals surface area contributed by atoms with Gasteiger partial charge in [-0.1, -0.05) is 0 Å². The van der Waals surface area contributed by atoms with Crippen LogP contribution in [0.15, 0.2) is 60.9 Å². The van der Waals surface area contributed by atoms with Crippen LogP contribution in [0.4, 0.5) is 27.8 Å². The van der Waals surface area contributed by atoms with Crippen LogP contribution in [0.3, 0.4) is 0 Å². The van der Waals surface area contributed by atoms with E-state index >= 15 is 0 Å². The molecule has 1 saturated heterocycles. The number of nitrogens with zero attached hydrogens (tertiary/aromatic N) is 3. The predicted molar refractivity (Wildman–Crippen MR) is 140 cm³/mol. The zero-order valence-corrected chi connectivity index (χ0v) is 21.3. The fourth-order valence-corrected chi connectivity index (χ4v) is 5.21. The van der Waals surface area contributed by atoms with Crippen LogP contribution in [0.2, 0.25) is 0 Å². The molecule has 13 heteroatoms. The number of hydrogen-bond acceptors (Lipinski definition) is 6. The summed E-state index contributed by atoms with van der Waals surface area (Å²) in [5.41, 5.74) is 5.73. The van der Waals surface area contributed by atoms with Crippen molar-refractivity contribution < 1.29 is 31.5 Å². The zero-order valence-electron chi connectivity index (χ0n) is 20.5. The number of amides is 2. The summed E-state index contributed by atoms with van der Waals surface area (Å²) in [4.78, 5) is 34.1. The van der Waals surface area contributed by atoms with Gasteiger partial charge < -0.3 is 16.0 Å². The summed E-state index contributed by atoms with van der Waals surface area (Å²) >= 11 is 0.916. The Morgan fingerprint density at radius 1 is 1.07 bits per heavy atom. The number of nitrogens with one attached hydrogen (secondary N) is 1. The molecular weight excluding hydrogens is 553 g/mol. The first-order valence-corrected chi connectivity index (χ1v) is 12.6. The molecule has 5 rings (SSSR count). The lowest BCUT2D eigenvalue weighted by atomic mass is 10.0. The molecule has 0 atom stereocenters. The van der Waals surface area contributed by atoms with Gasteiger partial charge in [0, 0.05) is 33.6 Å². The zero-order chi connectivity index (χ0) is 28.7. The van der Waals surface area contributed by atoms with Crippen molar-refractivity contribution in [2.45, 2.75) is 18.6 Å². The SMILES string of the molecule is Nc1ccc(/C=C/C(=O)NCc2cc3cc(-c4ccc(C(=O)N5CC(F)(F)C5)cn4)cc(C(F)(F)F)c3s2)cn1. The van der Waals surface area contributed by atoms with Gasteiger partial charge in [0.1, 0.15) is 5.82 Å². The Labute approximate surface area is 228 Å². The monoisotopic (exact) mass is 573 g/mol. The van der Waals surface area contributed by atoms with Crippen molar-refractivity contribution in [3.63, 3.8) is 0 Å². The van der Waals surface area contributed by atoms with Gasteiger partial charge in [-0.25, -0.2) is 13.8 Å². The topological polar surface area (TPSA) is 101 Å². The molecule has 3 aromatic heterocycles. The molecule has 3 N–H and O–H groups in total. The lowest BCUT2D eigenvalue weighted by Crippen LogP contribution is -2.58. The van der Waals surface area contributed by atoms with Gasteiger partial charge in [-0.05, 0) is 59.5 Å². The molecule has 1 fully saturated rings. The number of anilines is 1. The predicted octanol–water partition coefficient (Wildman–Crippen LogP) is 5.38. The van der Waals surface area contributed by atoms with E-state index in [0.29, 0.717) is 21.6 Å². The maximum atomic E-state index is 14.0. The van der Waals surface area contributed by atoms with Crippen LogP contribution >= 0.6 is 11.3 Å². The van der Waals surface area contributed by atoms with Gasteiger partial charge in [0.05, 0.1) is 36.5 Å². The lowest BCUT2D eigenvalue weighted by Gasteiger charge is -2.38. The number of likely N-dealkylation sites (tertiary alicyclic amines) is 1. The van der Waals surface area contributed by atoms with E-state index in [0.717, 1.165) is 28.5 Å². The van der Waals surface area contributed by atoms with Crippen molar-refractivity contribution in [1.82, 2.24) is 20.2 Å². The molecule has 7 nitrogen and oxygen atoms in total. The fraction of sp³-hybridized carbons (Fsp3) is 0.185. The van der Waals surface area contributed by atoms with E-state index in [1.807, 2.05) is 0 Å². The second-order valence-electron chi connectivity index (χ2n) is 9.17. The van der Waals surface area contributed by atoms with E-state index in [1.165, 1.54) is 30.5 Å². The molecule has 0 unspecified atom stereocenters. The summed E-state index contributed by atoms with van der Waals surface area (Å²) in [6, 6.07) is 10.1. The first-order chi connectivity index (χ1) is 18.9. The Morgan fingerprint density at radius 2 is 1.85 bits per heavy atom. The number of benzene rings is 1. The van der Waals surface area contributed by atoms with Gasteiger partial charge in [-0.3, -0.25) is 14.6 Å². The summed E-state index contributed by atoms with van der Waals surface area (Å²) in [5, 5.41) is 2.96. The third-order valence-electron chi connectivity index (χ3n) is 6.08. The van der Waals surface area contributed by atoms with Crippen molar-refractivity contribution in [3.05, 3.63) is 82.5 Å². The van der Waals surface area contributed by atoms with Crippen molar-refractivity contribution in [3.8, 4) is 11.3 Å². The second-order valence-corrected chi connectivity index (χ2v) is 10.3. The van der Waals surface area contributed by atoms with Gasteiger partial charge in [0.2, 0.25) is 5.91 Å². The number of carbonyl (C=O) groups is 2. The Balaban J connectivity index is 1.34. The van der Waals surface area contributed by atoms with Crippen LogP contribution < -0.4 is 11.1 Å². The summed E-state index contributed by atoms with van der Waals surface area (Å²) in [5.74, 6) is -3.64. The highest BCUT2D eigenvalue weighted by molar-refractivity contribution is 7.19. The standard InChI is InChI=1S/C27H20F5N5O2S/c28-26(29)13-37(14-26)25(39)16-3-4-21(34-11-16)17-7-18-8-19(40-24(18)20(9-17)27(30,31)32)12-36-23(38)6-2-15-1-5-22(33)35-10-15/h1-11H,12-14H2,(H2,33,35)(H,36,38)/b6-2+. The Morgan fingerprint density at radius 3 is 2.48 bits per heavy atom. The number of thiophene rings is 1. The number of nitrogen functional groups attached to an aromatic ring is 1. The summed E-state index contributed by atoms with van der Waals surface area (Å²) in [7, 11) is 0. The molecule has 1 aromatic carbocycles. The summed E-state index contributed by atoms with van der Waals surface area (Å²) < 4.78 is 68.1. The summed E-state index contributed by atoms with van der Waals surface area (Å²) in [6.07, 6.45) is 0.816. The molecule has 206 valence electrons. The fourth-order valence-electron chi connectivity index (χ4n) is 4.10. The van der Waals surface area contributed by atoms with Crippen LogP contribution in [-0.2, 0) is 17.5 Å². The Bertz CT molecular complexity index is 1610. The minimum Gasteiger partial charge on any atom is -0.384 e. The highest BCUT2D eigenvalue weighted by atomic mass is 32.1. The molecule has 0 bridgehead atoms. The molecule has 4 heterocycles. The van der Waals surface area contributed by atoms with Crippen molar-refractivity contribution >= 4 is 45.1 Å². The third-order valence-corrected chi connectivity index (χ3v) is 7.27. The van der Waals surface area contributed by atoms with E-state index in [4.69, 9.17) is 5.73 Å². The van der Waals surface area contributed by atoms with Crippen molar-refractivity contribution in [2.75, 3.05) is 18.8 Å². The quantitative estimate of drug-likeness (QED) is 0.238. The molecule has 2 amide bonds. The van der Waals surface area contributed by atoms with Gasteiger partial charge in [-0.15, -0.1) is 11.3 Å². The largest absolute Gasteiger partial charge is 0.417 e. The van der Waals surface area contributed by atoms with Crippen molar-refractivity contribution in [2.24, 2.45) is 0 Å². The molecule has 0 saturated carbocycles. The van der Waals surface area contributed by atoms with Gasteiger partial charge in [-0.2, -0.15) is 13.2 Å². The smallest absolute Gasteiger partial charge is 0.384 e. The van der Waals surface area contributed by atoms with E-state index < -0.39 is 42.6 Å². The minimum absolute atomic E-state index is 0.00880. The minimum atomic E-state index is -4.66. The number of carbonyl (C=O) groups excluding carboxylic acids is 2. The average molecular weight is 574 g/mol. The third kappa shape index (κ3) is 5.93. The highest BCUT2D eigenvalue weighted by Gasteiger charge is 2.46. The number of pyridine rings is 2. The van der Waals surface area contributed by atoms with Crippen molar-refractivity contribution in [1.29, 1.82) is 0 Å². The average Bonchev–Trinajstić information content (AvgIpc) is 3.31. The molecule has 1 aliphatic heterocycles. The molecule has 0 radical (unpaired) electrons. The number of fused-ring (bicyclic) bond motifs is 1. The lowest BCUT2D eigenvalue weighted by molar-refractivity contribution is -0.136. The molecule has 1 aliphatic rings. The maximum Gasteiger partial charge on any atom is 0.417 e. The van der Waals surface area contributed by atoms with Crippen LogP contribution in [0.5, 0.6) is 0 Å². The van der Waals surface area contributed by atoms with Crippen LogP contribution in [0, 0.1) is 0 Å². The number of aromatic nitrogens is 2. The van der Waals surface area contributed by atoms with Gasteiger partial charge >= 0.3 is 6.18 Å². The number of hydrogen-bond donors (Lipinski definition) is 2. The first kappa shape index (κ1) is 27.2. The van der Waals surface area contributed by atoms with Gasteiger partial charge in [0.15, 0.2) is 0 Å². The number of alkyl halides is 5. The van der Waals surface area contributed by atoms with Gasteiger partial charge in [0.25, 0.3) is 11.8 Å². The van der Waals surface area contributed by atoms with Crippen LogP contribution in [0.25, 0.3) is 27.4 Å². The molecular formula is C27H20F5N5O2S. The Kier molecular flexibility index (Phi) is 7.00. The van der Waals surface area contributed by atoms with E-state index in [2.05, 4.69) is 15.3 Å². The van der Waals surface area contributed by atoms with Crippen LogP contribution in [0.1, 0.15) is 26.4 Å². The highest BCUT2D eigenvalue weighted by Crippen LogP contribution is 2.41. The molecule has 4 aromatic rings. The number of nitrogens with two attached hydrogens (primary N) is 1. The van der Waals surface area contributed by atoms with E-state index in [9.17, 15) is 31.5 Å². The van der Waals surface area contributed by atoms with E-state index in [-0.39, 0.29) is 28.1 Å². The first-order valence-electron chi connectivity index (χ1n) is 11.8. The summed E-state index contributed by atoms with van der Waals surface area (Å²) in [6.45, 7) is -1.35. The number of halogens is 5. The normalized spacial score (nSPS) is 14.9. The Hall–Kier alpha value is -4.39. The molecule has 0 aliphatic carbocycles. The van der Waals surface area contributed by atoms with E-state index in [1.54, 1.807) is 24.3 Å². The maximum absolute atomic E-state index is 14.0. The second kappa shape index (κ2) is 10.3. The number of rotatable bonds is 6. The van der Waals surface area contributed by atoms with Crippen LogP contribution in [-0.4, -0.2) is 45.7 Å². The molecule has 0 spiro atoms.